The molecule has 2 aromatic heterocycles. The number of furan rings is 1. The Hall–Kier alpha value is -2.86. The average Bonchev–Trinajstić information content (AvgIpc) is 3.38. The number of amides is 1. The Kier molecular flexibility index (Phi) is 4.58. The van der Waals surface area contributed by atoms with E-state index in [1.165, 1.54) is 0 Å². The molecular weight excluding hydrogens is 328 g/mol. The highest BCUT2D eigenvalue weighted by Crippen LogP contribution is 2.23. The van der Waals surface area contributed by atoms with Gasteiger partial charge in [0.05, 0.1) is 12.0 Å². The van der Waals surface area contributed by atoms with Crippen molar-refractivity contribution < 1.29 is 9.21 Å². The Morgan fingerprint density at radius 3 is 2.50 bits per heavy atom. The summed E-state index contributed by atoms with van der Waals surface area (Å²) in [5, 5.41) is 4.63. The summed E-state index contributed by atoms with van der Waals surface area (Å²) in [6.45, 7) is 6.47. The lowest BCUT2D eigenvalue weighted by molar-refractivity contribution is 0.0634. The quantitative estimate of drug-likeness (QED) is 0.726. The van der Waals surface area contributed by atoms with E-state index in [0.717, 1.165) is 38.4 Å². The minimum absolute atomic E-state index is 0.00918. The third-order valence-corrected chi connectivity index (χ3v) is 4.81. The predicted octanol–water partition coefficient (Wildman–Crippen LogP) is 2.91. The van der Waals surface area contributed by atoms with Crippen molar-refractivity contribution in [2.75, 3.05) is 32.7 Å². The normalized spacial score (nSPS) is 15.3. The number of aromatic nitrogens is 2. The molecule has 0 radical (unpaired) electrons. The molecule has 4 rings (SSSR count). The molecule has 3 aromatic rings. The molecule has 1 aromatic carbocycles. The number of carbonyl (C=O) groups is 1. The number of nitrogens with zero attached hydrogens (tertiary/aromatic N) is 4. The van der Waals surface area contributed by atoms with Crippen LogP contribution in [0.1, 0.15) is 17.4 Å². The lowest BCUT2D eigenvalue weighted by atomic mass is 10.2. The SMILES string of the molecule is CCN1CCN(C(=O)c2cc(-c3ccco3)nn2-c2ccccc2)CC1. The smallest absolute Gasteiger partial charge is 0.272 e. The summed E-state index contributed by atoms with van der Waals surface area (Å²) in [6, 6.07) is 15.2. The molecule has 1 aliphatic rings. The van der Waals surface area contributed by atoms with Crippen LogP contribution in [0.2, 0.25) is 0 Å². The van der Waals surface area contributed by atoms with Gasteiger partial charge in [0.25, 0.3) is 5.91 Å². The molecule has 1 fully saturated rings. The van der Waals surface area contributed by atoms with E-state index in [1.54, 1.807) is 10.9 Å². The Bertz CT molecular complexity index is 863. The number of rotatable bonds is 4. The summed E-state index contributed by atoms with van der Waals surface area (Å²) in [5.74, 6) is 0.666. The molecule has 0 saturated carbocycles. The molecule has 6 heteroatoms. The average molecular weight is 350 g/mol. The second-order valence-electron chi connectivity index (χ2n) is 6.37. The molecule has 6 nitrogen and oxygen atoms in total. The summed E-state index contributed by atoms with van der Waals surface area (Å²) < 4.78 is 7.18. The zero-order chi connectivity index (χ0) is 17.9. The van der Waals surface area contributed by atoms with Gasteiger partial charge in [0.15, 0.2) is 5.76 Å². The lowest BCUT2D eigenvalue weighted by Gasteiger charge is -2.34. The van der Waals surface area contributed by atoms with Crippen LogP contribution < -0.4 is 0 Å². The highest BCUT2D eigenvalue weighted by molar-refractivity contribution is 5.94. The maximum atomic E-state index is 13.2. The first-order chi connectivity index (χ1) is 12.8. The molecule has 0 spiro atoms. The van der Waals surface area contributed by atoms with Crippen molar-refractivity contribution in [2.24, 2.45) is 0 Å². The zero-order valence-corrected chi connectivity index (χ0v) is 14.8. The fourth-order valence-corrected chi connectivity index (χ4v) is 3.27. The van der Waals surface area contributed by atoms with Crippen molar-refractivity contribution in [3.63, 3.8) is 0 Å². The molecule has 26 heavy (non-hydrogen) atoms. The van der Waals surface area contributed by atoms with Crippen LogP contribution in [0.5, 0.6) is 0 Å². The molecule has 3 heterocycles. The Morgan fingerprint density at radius 2 is 1.85 bits per heavy atom. The first-order valence-corrected chi connectivity index (χ1v) is 8.97. The van der Waals surface area contributed by atoms with E-state index in [1.807, 2.05) is 53.4 Å². The molecule has 0 atom stereocenters. The van der Waals surface area contributed by atoms with Crippen molar-refractivity contribution in [1.82, 2.24) is 19.6 Å². The monoisotopic (exact) mass is 350 g/mol. The van der Waals surface area contributed by atoms with E-state index < -0.39 is 0 Å². The topological polar surface area (TPSA) is 54.5 Å². The fraction of sp³-hybridized carbons (Fsp3) is 0.300. The number of carbonyl (C=O) groups excluding carboxylic acids is 1. The first kappa shape index (κ1) is 16.6. The number of benzene rings is 1. The number of likely N-dealkylation sites (N-methyl/N-ethyl adjacent to an activating group) is 1. The number of hydrogen-bond acceptors (Lipinski definition) is 4. The van der Waals surface area contributed by atoms with Gasteiger partial charge in [0.2, 0.25) is 0 Å². The summed E-state index contributed by atoms with van der Waals surface area (Å²) in [6.07, 6.45) is 1.61. The minimum atomic E-state index is 0.00918. The largest absolute Gasteiger partial charge is 0.463 e. The second kappa shape index (κ2) is 7.17. The molecule has 0 aliphatic carbocycles. The van der Waals surface area contributed by atoms with Crippen molar-refractivity contribution in [2.45, 2.75) is 6.92 Å². The van der Waals surface area contributed by atoms with Gasteiger partial charge >= 0.3 is 0 Å². The van der Waals surface area contributed by atoms with E-state index in [-0.39, 0.29) is 5.91 Å². The van der Waals surface area contributed by atoms with E-state index in [0.29, 0.717) is 17.1 Å². The van der Waals surface area contributed by atoms with E-state index in [4.69, 9.17) is 4.42 Å². The van der Waals surface area contributed by atoms with Gasteiger partial charge in [-0.15, -0.1) is 0 Å². The molecule has 0 N–H and O–H groups in total. The standard InChI is InChI=1S/C20H22N4O2/c1-2-22-10-12-23(13-11-22)20(25)18-15-17(19-9-6-14-26-19)21-24(18)16-7-4-3-5-8-16/h3-9,14-15H,2,10-13H2,1H3. The minimum Gasteiger partial charge on any atom is -0.463 e. The maximum absolute atomic E-state index is 13.2. The van der Waals surface area contributed by atoms with Crippen LogP contribution in [-0.4, -0.2) is 58.2 Å². The summed E-state index contributed by atoms with van der Waals surface area (Å²) in [7, 11) is 0. The van der Waals surface area contributed by atoms with Crippen LogP contribution in [-0.2, 0) is 0 Å². The second-order valence-corrected chi connectivity index (χ2v) is 6.37. The lowest BCUT2D eigenvalue weighted by Crippen LogP contribution is -2.48. The van der Waals surface area contributed by atoms with Gasteiger partial charge in [-0.1, -0.05) is 25.1 Å². The fourth-order valence-electron chi connectivity index (χ4n) is 3.27. The van der Waals surface area contributed by atoms with Crippen LogP contribution in [0.3, 0.4) is 0 Å². The number of piperazine rings is 1. The van der Waals surface area contributed by atoms with Crippen LogP contribution in [0, 0.1) is 0 Å². The van der Waals surface area contributed by atoms with Crippen LogP contribution in [0.15, 0.2) is 59.2 Å². The van der Waals surface area contributed by atoms with Crippen molar-refractivity contribution >= 4 is 5.91 Å². The van der Waals surface area contributed by atoms with Gasteiger partial charge in [-0.2, -0.15) is 5.10 Å². The molecule has 0 bridgehead atoms. The maximum Gasteiger partial charge on any atom is 0.272 e. The molecule has 0 unspecified atom stereocenters. The summed E-state index contributed by atoms with van der Waals surface area (Å²) in [4.78, 5) is 17.5. The zero-order valence-electron chi connectivity index (χ0n) is 14.8. The first-order valence-electron chi connectivity index (χ1n) is 8.97. The van der Waals surface area contributed by atoms with E-state index >= 15 is 0 Å². The highest BCUT2D eigenvalue weighted by Gasteiger charge is 2.26. The van der Waals surface area contributed by atoms with Gasteiger partial charge in [-0.3, -0.25) is 4.79 Å². The Morgan fingerprint density at radius 1 is 1.08 bits per heavy atom. The number of para-hydroxylation sites is 1. The summed E-state index contributed by atoms with van der Waals surface area (Å²) in [5.41, 5.74) is 2.09. The summed E-state index contributed by atoms with van der Waals surface area (Å²) >= 11 is 0. The molecule has 134 valence electrons. The molecule has 1 aliphatic heterocycles. The molecule has 1 amide bonds. The van der Waals surface area contributed by atoms with Crippen molar-refractivity contribution in [1.29, 1.82) is 0 Å². The molecule has 1 saturated heterocycles. The van der Waals surface area contributed by atoms with Crippen molar-refractivity contribution in [3.05, 3.63) is 60.5 Å². The predicted molar refractivity (Wildman–Crippen MR) is 99.3 cm³/mol. The third-order valence-electron chi connectivity index (χ3n) is 4.81. The van der Waals surface area contributed by atoms with Gasteiger partial charge in [0.1, 0.15) is 11.4 Å². The van der Waals surface area contributed by atoms with Gasteiger partial charge in [-0.25, -0.2) is 4.68 Å². The highest BCUT2D eigenvalue weighted by atomic mass is 16.3. The van der Waals surface area contributed by atoms with Crippen molar-refractivity contribution in [3.8, 4) is 17.1 Å². The Balaban J connectivity index is 1.69. The number of hydrogen-bond donors (Lipinski definition) is 0. The van der Waals surface area contributed by atoms with Crippen LogP contribution in [0.25, 0.3) is 17.1 Å². The van der Waals surface area contributed by atoms with Crippen LogP contribution in [0.4, 0.5) is 0 Å². The third kappa shape index (κ3) is 3.15. The Labute approximate surface area is 152 Å². The molecular formula is C20H22N4O2. The van der Waals surface area contributed by atoms with Gasteiger partial charge in [0, 0.05) is 32.2 Å². The van der Waals surface area contributed by atoms with E-state index in [2.05, 4.69) is 16.9 Å². The van der Waals surface area contributed by atoms with E-state index in [9.17, 15) is 4.79 Å². The van der Waals surface area contributed by atoms with Crippen LogP contribution >= 0.6 is 0 Å². The van der Waals surface area contributed by atoms with Gasteiger partial charge in [-0.05, 0) is 30.8 Å². The van der Waals surface area contributed by atoms with Gasteiger partial charge < -0.3 is 14.2 Å².